The Morgan fingerprint density at radius 3 is 2.50 bits per heavy atom. The van der Waals surface area contributed by atoms with E-state index in [0.29, 0.717) is 17.4 Å². The van der Waals surface area contributed by atoms with Gasteiger partial charge in [-0.2, -0.15) is 0 Å². The van der Waals surface area contributed by atoms with E-state index in [0.717, 1.165) is 37.3 Å². The summed E-state index contributed by atoms with van der Waals surface area (Å²) in [4.78, 5) is 19.0. The summed E-state index contributed by atoms with van der Waals surface area (Å²) in [5, 5.41) is 3.40. The lowest BCUT2D eigenvalue weighted by Gasteiger charge is -2.17. The summed E-state index contributed by atoms with van der Waals surface area (Å²) in [6, 6.07) is 12.0. The van der Waals surface area contributed by atoms with Gasteiger partial charge in [0.15, 0.2) is 0 Å². The number of rotatable bonds is 2. The van der Waals surface area contributed by atoms with Crippen LogP contribution in [0, 0.1) is 11.8 Å². The van der Waals surface area contributed by atoms with Crippen LogP contribution >= 0.6 is 0 Å². The van der Waals surface area contributed by atoms with Gasteiger partial charge in [-0.3, -0.25) is 9.78 Å². The molecule has 1 N–H and O–H groups in total. The zero-order valence-electron chi connectivity index (χ0n) is 12.4. The molecule has 4 nitrogen and oxygen atoms in total. The molecule has 0 radical (unpaired) electrons. The van der Waals surface area contributed by atoms with E-state index in [-0.39, 0.29) is 5.91 Å². The number of likely N-dealkylation sites (tertiary alicyclic amines) is 1. The van der Waals surface area contributed by atoms with Crippen LogP contribution in [0.1, 0.15) is 10.4 Å². The summed E-state index contributed by atoms with van der Waals surface area (Å²) < 4.78 is 0. The van der Waals surface area contributed by atoms with Gasteiger partial charge in [-0.05, 0) is 23.5 Å². The molecule has 0 spiro atoms. The average molecular weight is 293 g/mol. The van der Waals surface area contributed by atoms with E-state index in [4.69, 9.17) is 0 Å². The maximum absolute atomic E-state index is 12.7. The number of carbonyl (C=O) groups is 1. The minimum atomic E-state index is 0.111. The third kappa shape index (κ3) is 2.40. The number of pyridine rings is 1. The summed E-state index contributed by atoms with van der Waals surface area (Å²) in [5.74, 6) is 1.35. The molecule has 4 heteroatoms. The number of carbonyl (C=O) groups excluding carboxylic acids is 1. The lowest BCUT2D eigenvalue weighted by Crippen LogP contribution is -2.31. The van der Waals surface area contributed by atoms with E-state index in [9.17, 15) is 4.79 Å². The number of nitrogens with zero attached hydrogens (tertiary/aromatic N) is 2. The van der Waals surface area contributed by atoms with Gasteiger partial charge >= 0.3 is 0 Å². The number of fused-ring (bicyclic) bond motifs is 1. The first-order valence-electron chi connectivity index (χ1n) is 7.82. The maximum Gasteiger partial charge on any atom is 0.255 e. The van der Waals surface area contributed by atoms with Crippen molar-refractivity contribution in [3.63, 3.8) is 0 Å². The van der Waals surface area contributed by atoms with Crippen LogP contribution in [-0.2, 0) is 0 Å². The monoisotopic (exact) mass is 293 g/mol. The zero-order valence-corrected chi connectivity index (χ0v) is 12.4. The van der Waals surface area contributed by atoms with E-state index in [1.807, 2.05) is 47.5 Å². The Morgan fingerprint density at radius 2 is 1.77 bits per heavy atom. The van der Waals surface area contributed by atoms with Crippen LogP contribution in [0.3, 0.4) is 0 Å². The second kappa shape index (κ2) is 5.54. The van der Waals surface area contributed by atoms with E-state index in [1.165, 1.54) is 0 Å². The van der Waals surface area contributed by atoms with Crippen molar-refractivity contribution in [2.75, 3.05) is 26.2 Å². The van der Waals surface area contributed by atoms with Crippen molar-refractivity contribution in [3.05, 3.63) is 54.4 Å². The predicted octanol–water partition coefficient (Wildman–Crippen LogP) is 2.04. The average Bonchev–Trinajstić information content (AvgIpc) is 3.17. The molecule has 2 aromatic rings. The van der Waals surface area contributed by atoms with Gasteiger partial charge in [0.2, 0.25) is 0 Å². The van der Waals surface area contributed by atoms with Crippen LogP contribution in [-0.4, -0.2) is 42.0 Å². The number of amides is 1. The van der Waals surface area contributed by atoms with E-state index >= 15 is 0 Å². The largest absolute Gasteiger partial charge is 0.338 e. The summed E-state index contributed by atoms with van der Waals surface area (Å²) in [6.07, 6.45) is 3.50. The molecule has 4 rings (SSSR count). The highest BCUT2D eigenvalue weighted by Gasteiger charge is 2.38. The Balaban J connectivity index is 1.57. The highest BCUT2D eigenvalue weighted by Crippen LogP contribution is 2.28. The molecular formula is C18H19N3O. The van der Waals surface area contributed by atoms with Crippen LogP contribution in [0.15, 0.2) is 48.8 Å². The fraction of sp³-hybridized carbons (Fsp3) is 0.333. The van der Waals surface area contributed by atoms with Crippen LogP contribution < -0.4 is 5.32 Å². The summed E-state index contributed by atoms with van der Waals surface area (Å²) in [5.41, 5.74) is 2.77. The number of benzene rings is 1. The maximum atomic E-state index is 12.7. The number of nitrogens with one attached hydrogen (secondary N) is 1. The SMILES string of the molecule is O=C(c1cncc(-c2ccccc2)c1)N1C[C@H]2CNC[C@H]2C1. The Kier molecular flexibility index (Phi) is 3.39. The smallest absolute Gasteiger partial charge is 0.255 e. The van der Waals surface area contributed by atoms with Gasteiger partial charge in [-0.25, -0.2) is 0 Å². The van der Waals surface area contributed by atoms with Crippen LogP contribution in [0.4, 0.5) is 0 Å². The minimum absolute atomic E-state index is 0.111. The van der Waals surface area contributed by atoms with Crippen molar-refractivity contribution in [2.24, 2.45) is 11.8 Å². The summed E-state index contributed by atoms with van der Waals surface area (Å²) >= 11 is 0. The number of hydrogen-bond acceptors (Lipinski definition) is 3. The Bertz CT molecular complexity index is 674. The molecule has 2 fully saturated rings. The second-order valence-electron chi connectivity index (χ2n) is 6.22. The standard InChI is InChI=1S/C18H19N3O/c22-18(21-11-16-9-20-10-17(16)12-21)15-6-14(7-19-8-15)13-4-2-1-3-5-13/h1-8,16-17,20H,9-12H2/t16-,17+. The van der Waals surface area contributed by atoms with Crippen molar-refractivity contribution in [1.82, 2.24) is 15.2 Å². The third-order valence-electron chi connectivity index (χ3n) is 4.77. The first kappa shape index (κ1) is 13.5. The van der Waals surface area contributed by atoms with Gasteiger partial charge in [0, 0.05) is 44.1 Å². The Morgan fingerprint density at radius 1 is 1.05 bits per heavy atom. The Hall–Kier alpha value is -2.20. The highest BCUT2D eigenvalue weighted by atomic mass is 16.2. The zero-order chi connectivity index (χ0) is 14.9. The molecule has 0 unspecified atom stereocenters. The first-order valence-corrected chi connectivity index (χ1v) is 7.82. The van der Waals surface area contributed by atoms with Crippen molar-refractivity contribution in [1.29, 1.82) is 0 Å². The molecule has 1 aromatic carbocycles. The molecule has 2 aliphatic heterocycles. The van der Waals surface area contributed by atoms with E-state index < -0.39 is 0 Å². The molecule has 2 atom stereocenters. The molecule has 22 heavy (non-hydrogen) atoms. The van der Waals surface area contributed by atoms with Crippen LogP contribution in [0.25, 0.3) is 11.1 Å². The fourth-order valence-corrected chi connectivity index (χ4v) is 3.55. The van der Waals surface area contributed by atoms with E-state index in [2.05, 4.69) is 10.3 Å². The topological polar surface area (TPSA) is 45.2 Å². The number of hydrogen-bond donors (Lipinski definition) is 1. The molecule has 0 aliphatic carbocycles. The minimum Gasteiger partial charge on any atom is -0.338 e. The lowest BCUT2D eigenvalue weighted by atomic mass is 10.0. The van der Waals surface area contributed by atoms with Gasteiger partial charge in [0.1, 0.15) is 0 Å². The van der Waals surface area contributed by atoms with Crippen molar-refractivity contribution < 1.29 is 4.79 Å². The second-order valence-corrected chi connectivity index (χ2v) is 6.22. The molecule has 0 saturated carbocycles. The summed E-state index contributed by atoms with van der Waals surface area (Å²) in [6.45, 7) is 3.81. The lowest BCUT2D eigenvalue weighted by molar-refractivity contribution is 0.0781. The van der Waals surface area contributed by atoms with Crippen molar-refractivity contribution in [2.45, 2.75) is 0 Å². The van der Waals surface area contributed by atoms with Gasteiger partial charge in [-0.15, -0.1) is 0 Å². The normalized spacial score (nSPS) is 23.5. The first-order chi connectivity index (χ1) is 10.8. The van der Waals surface area contributed by atoms with Crippen molar-refractivity contribution >= 4 is 5.91 Å². The van der Waals surface area contributed by atoms with Gasteiger partial charge in [0.25, 0.3) is 5.91 Å². The molecule has 3 heterocycles. The van der Waals surface area contributed by atoms with Gasteiger partial charge < -0.3 is 10.2 Å². The quantitative estimate of drug-likeness (QED) is 0.921. The molecule has 2 aliphatic rings. The fourth-order valence-electron chi connectivity index (χ4n) is 3.55. The highest BCUT2D eigenvalue weighted by molar-refractivity contribution is 5.95. The molecule has 0 bridgehead atoms. The van der Waals surface area contributed by atoms with E-state index in [1.54, 1.807) is 6.20 Å². The number of aromatic nitrogens is 1. The molecule has 2 saturated heterocycles. The predicted molar refractivity (Wildman–Crippen MR) is 85.4 cm³/mol. The third-order valence-corrected chi connectivity index (χ3v) is 4.77. The molecule has 1 aromatic heterocycles. The summed E-state index contributed by atoms with van der Waals surface area (Å²) in [7, 11) is 0. The molecule has 112 valence electrons. The molecule has 1 amide bonds. The Labute approximate surface area is 130 Å². The van der Waals surface area contributed by atoms with Crippen LogP contribution in [0.2, 0.25) is 0 Å². The van der Waals surface area contributed by atoms with Gasteiger partial charge in [-0.1, -0.05) is 30.3 Å². The van der Waals surface area contributed by atoms with Crippen molar-refractivity contribution in [3.8, 4) is 11.1 Å². The van der Waals surface area contributed by atoms with Gasteiger partial charge in [0.05, 0.1) is 5.56 Å². The molecular weight excluding hydrogens is 274 g/mol. The van der Waals surface area contributed by atoms with Crippen LogP contribution in [0.5, 0.6) is 0 Å².